The predicted molar refractivity (Wildman–Crippen MR) is 73.7 cm³/mol. The fourth-order valence-corrected chi connectivity index (χ4v) is 2.81. The van der Waals surface area contributed by atoms with E-state index in [1.54, 1.807) is 7.11 Å². The van der Waals surface area contributed by atoms with Crippen LogP contribution in [0.1, 0.15) is 46.0 Å². The Morgan fingerprint density at radius 2 is 1.89 bits per heavy atom. The van der Waals surface area contributed by atoms with Crippen molar-refractivity contribution >= 4 is 0 Å². The summed E-state index contributed by atoms with van der Waals surface area (Å²) in [6.07, 6.45) is 7.07. The van der Waals surface area contributed by atoms with Crippen molar-refractivity contribution in [2.75, 3.05) is 20.3 Å². The summed E-state index contributed by atoms with van der Waals surface area (Å²) in [6, 6.07) is 0.748. The highest BCUT2D eigenvalue weighted by atomic mass is 16.5. The zero-order valence-corrected chi connectivity index (χ0v) is 12.2. The molecule has 4 atom stereocenters. The van der Waals surface area contributed by atoms with Crippen LogP contribution in [0.3, 0.4) is 0 Å². The third-order valence-electron chi connectivity index (χ3n) is 4.50. The van der Waals surface area contributed by atoms with Gasteiger partial charge in [-0.1, -0.05) is 13.8 Å². The smallest absolute Gasteiger partial charge is 0.0936 e. The second-order valence-corrected chi connectivity index (χ2v) is 6.29. The fourth-order valence-electron chi connectivity index (χ4n) is 2.81. The summed E-state index contributed by atoms with van der Waals surface area (Å²) in [5.41, 5.74) is 0. The highest BCUT2D eigenvalue weighted by molar-refractivity contribution is 4.83. The minimum absolute atomic E-state index is 0.223. The van der Waals surface area contributed by atoms with Gasteiger partial charge in [-0.25, -0.2) is 0 Å². The van der Waals surface area contributed by atoms with Crippen molar-refractivity contribution in [1.82, 2.24) is 5.32 Å². The number of methoxy groups -OCH3 is 1. The van der Waals surface area contributed by atoms with Gasteiger partial charge in [0.1, 0.15) is 0 Å². The quantitative estimate of drug-likeness (QED) is 0.758. The predicted octanol–water partition coefficient (Wildman–Crippen LogP) is 2.59. The maximum absolute atomic E-state index is 6.24. The fraction of sp³-hybridized carbons (Fsp3) is 1.00. The molecule has 0 heterocycles. The Kier molecular flexibility index (Phi) is 5.46. The van der Waals surface area contributed by atoms with Crippen LogP contribution in [-0.2, 0) is 9.47 Å². The molecular weight excluding hydrogens is 226 g/mol. The molecule has 0 aliphatic heterocycles. The Morgan fingerprint density at radius 1 is 1.11 bits per heavy atom. The molecule has 0 amide bonds. The van der Waals surface area contributed by atoms with Gasteiger partial charge in [-0.05, 0) is 43.9 Å². The lowest BCUT2D eigenvalue weighted by molar-refractivity contribution is -0.0720. The minimum atomic E-state index is 0.223. The summed E-state index contributed by atoms with van der Waals surface area (Å²) in [5.74, 6) is 1.65. The van der Waals surface area contributed by atoms with E-state index in [0.29, 0.717) is 12.7 Å². The van der Waals surface area contributed by atoms with Crippen molar-refractivity contribution in [2.24, 2.45) is 11.8 Å². The third-order valence-corrected chi connectivity index (χ3v) is 4.50. The molecule has 2 saturated carbocycles. The second-order valence-electron chi connectivity index (χ2n) is 6.29. The maximum Gasteiger partial charge on any atom is 0.0936 e. The van der Waals surface area contributed by atoms with Gasteiger partial charge >= 0.3 is 0 Å². The first-order valence-electron chi connectivity index (χ1n) is 7.56. The Labute approximate surface area is 112 Å². The minimum Gasteiger partial charge on any atom is -0.382 e. The van der Waals surface area contributed by atoms with Gasteiger partial charge < -0.3 is 14.8 Å². The Balaban J connectivity index is 1.72. The third kappa shape index (κ3) is 4.52. The number of rotatable bonds is 7. The van der Waals surface area contributed by atoms with Gasteiger partial charge in [-0.2, -0.15) is 0 Å². The van der Waals surface area contributed by atoms with E-state index in [1.807, 2.05) is 0 Å². The van der Waals surface area contributed by atoms with Crippen molar-refractivity contribution in [3.05, 3.63) is 0 Å². The van der Waals surface area contributed by atoms with E-state index in [9.17, 15) is 0 Å². The molecule has 1 N–H and O–H groups in total. The van der Waals surface area contributed by atoms with Gasteiger partial charge in [-0.15, -0.1) is 0 Å². The number of hydrogen-bond acceptors (Lipinski definition) is 3. The van der Waals surface area contributed by atoms with Crippen LogP contribution in [0.2, 0.25) is 0 Å². The standard InChI is InChI=1S/C15H29NO2/c1-11-4-7-14(8-12(11)2)18-15(10-17-3)9-16-13-5-6-13/h11-16H,4-10H2,1-3H3. The first-order valence-corrected chi connectivity index (χ1v) is 7.56. The van der Waals surface area contributed by atoms with Crippen LogP contribution >= 0.6 is 0 Å². The molecule has 0 aromatic carbocycles. The lowest BCUT2D eigenvalue weighted by Crippen LogP contribution is -2.38. The van der Waals surface area contributed by atoms with Gasteiger partial charge in [0.15, 0.2) is 0 Å². The molecule has 3 nitrogen and oxygen atoms in total. The molecule has 2 fully saturated rings. The van der Waals surface area contributed by atoms with Crippen LogP contribution < -0.4 is 5.32 Å². The van der Waals surface area contributed by atoms with Crippen LogP contribution in [0.25, 0.3) is 0 Å². The molecule has 18 heavy (non-hydrogen) atoms. The monoisotopic (exact) mass is 255 g/mol. The van der Waals surface area contributed by atoms with Crippen molar-refractivity contribution in [3.8, 4) is 0 Å². The zero-order chi connectivity index (χ0) is 13.0. The zero-order valence-electron chi connectivity index (χ0n) is 12.2. The summed E-state index contributed by atoms with van der Waals surface area (Å²) >= 11 is 0. The van der Waals surface area contributed by atoms with E-state index < -0.39 is 0 Å². The average Bonchev–Trinajstić information content (AvgIpc) is 3.15. The molecule has 106 valence electrons. The van der Waals surface area contributed by atoms with E-state index in [4.69, 9.17) is 9.47 Å². The van der Waals surface area contributed by atoms with Crippen molar-refractivity contribution < 1.29 is 9.47 Å². The van der Waals surface area contributed by atoms with Crippen molar-refractivity contribution in [3.63, 3.8) is 0 Å². The van der Waals surface area contributed by atoms with E-state index >= 15 is 0 Å². The lowest BCUT2D eigenvalue weighted by atomic mass is 9.80. The van der Waals surface area contributed by atoms with Gasteiger partial charge in [0.2, 0.25) is 0 Å². The topological polar surface area (TPSA) is 30.5 Å². The summed E-state index contributed by atoms with van der Waals surface area (Å²) in [5, 5.41) is 3.55. The van der Waals surface area contributed by atoms with Crippen LogP contribution in [-0.4, -0.2) is 38.5 Å². The summed E-state index contributed by atoms with van der Waals surface area (Å²) in [6.45, 7) is 6.37. The van der Waals surface area contributed by atoms with E-state index in [2.05, 4.69) is 19.2 Å². The van der Waals surface area contributed by atoms with Gasteiger partial charge in [0.05, 0.1) is 18.8 Å². The Bertz CT molecular complexity index is 243. The van der Waals surface area contributed by atoms with Gasteiger partial charge in [-0.3, -0.25) is 0 Å². The van der Waals surface area contributed by atoms with Crippen LogP contribution in [0, 0.1) is 11.8 Å². The second kappa shape index (κ2) is 6.88. The highest BCUT2D eigenvalue weighted by Crippen LogP contribution is 2.31. The van der Waals surface area contributed by atoms with E-state index in [0.717, 1.165) is 24.4 Å². The molecule has 3 heteroatoms. The molecule has 0 radical (unpaired) electrons. The molecule has 0 bridgehead atoms. The normalized spacial score (nSPS) is 34.5. The summed E-state index contributed by atoms with van der Waals surface area (Å²) in [7, 11) is 1.76. The summed E-state index contributed by atoms with van der Waals surface area (Å²) < 4.78 is 11.5. The average molecular weight is 255 g/mol. The molecule has 4 unspecified atom stereocenters. The molecule has 0 spiro atoms. The van der Waals surface area contributed by atoms with E-state index in [-0.39, 0.29) is 6.10 Å². The molecule has 0 aromatic rings. The highest BCUT2D eigenvalue weighted by Gasteiger charge is 2.28. The van der Waals surface area contributed by atoms with Crippen molar-refractivity contribution in [1.29, 1.82) is 0 Å². The number of nitrogens with one attached hydrogen (secondary N) is 1. The number of ether oxygens (including phenoxy) is 2. The summed E-state index contributed by atoms with van der Waals surface area (Å²) in [4.78, 5) is 0. The Morgan fingerprint density at radius 3 is 2.50 bits per heavy atom. The largest absolute Gasteiger partial charge is 0.382 e. The van der Waals surface area contributed by atoms with Crippen molar-refractivity contribution in [2.45, 2.75) is 64.2 Å². The van der Waals surface area contributed by atoms with Crippen LogP contribution in [0.5, 0.6) is 0 Å². The molecule has 0 saturated heterocycles. The first kappa shape index (κ1) is 14.3. The maximum atomic E-state index is 6.24. The van der Waals surface area contributed by atoms with Crippen LogP contribution in [0.15, 0.2) is 0 Å². The van der Waals surface area contributed by atoms with Gasteiger partial charge in [0.25, 0.3) is 0 Å². The molecule has 0 aromatic heterocycles. The molecule has 2 rings (SSSR count). The SMILES string of the molecule is COCC(CNC1CC1)OC1CCC(C)C(C)C1. The molecule has 2 aliphatic rings. The first-order chi connectivity index (χ1) is 8.69. The molecular formula is C15H29NO2. The van der Waals surface area contributed by atoms with E-state index in [1.165, 1.54) is 32.1 Å². The number of hydrogen-bond donors (Lipinski definition) is 1. The lowest BCUT2D eigenvalue weighted by Gasteiger charge is -2.34. The van der Waals surface area contributed by atoms with Crippen LogP contribution in [0.4, 0.5) is 0 Å². The van der Waals surface area contributed by atoms with Gasteiger partial charge in [0, 0.05) is 19.7 Å². The Hall–Kier alpha value is -0.120. The molecule has 2 aliphatic carbocycles.